The fourth-order valence-electron chi connectivity index (χ4n) is 0.784. The number of hydrogen-bond donors (Lipinski definition) is 2. The van der Waals surface area contributed by atoms with Gasteiger partial charge in [0.25, 0.3) is 5.91 Å². The molecular formula is C9H8N2O. The molecule has 1 aromatic rings. The average molecular weight is 160 g/mol. The van der Waals surface area contributed by atoms with E-state index in [0.717, 1.165) is 0 Å². The standard InChI is InChI=1S/C9H8N2O/c1-2-9(12)11-8-5-3-4-7(10)6-8/h1,3-6H,10H2,(H,11,12). The minimum atomic E-state index is -0.472. The number of amides is 1. The van der Waals surface area contributed by atoms with E-state index in [0.29, 0.717) is 11.4 Å². The van der Waals surface area contributed by atoms with Crippen LogP contribution in [0.3, 0.4) is 0 Å². The van der Waals surface area contributed by atoms with E-state index in [9.17, 15) is 4.79 Å². The first-order chi connectivity index (χ1) is 5.72. The van der Waals surface area contributed by atoms with Crippen LogP contribution in [-0.4, -0.2) is 5.91 Å². The summed E-state index contributed by atoms with van der Waals surface area (Å²) in [4.78, 5) is 10.7. The van der Waals surface area contributed by atoms with Gasteiger partial charge in [0.2, 0.25) is 0 Å². The lowest BCUT2D eigenvalue weighted by atomic mass is 10.3. The van der Waals surface area contributed by atoms with Crippen molar-refractivity contribution in [3.63, 3.8) is 0 Å². The normalized spacial score (nSPS) is 8.58. The Bertz CT molecular complexity index is 339. The molecule has 0 spiro atoms. The van der Waals surface area contributed by atoms with Crippen molar-refractivity contribution in [3.8, 4) is 12.3 Å². The molecule has 0 atom stereocenters. The molecular weight excluding hydrogens is 152 g/mol. The molecule has 0 bridgehead atoms. The van der Waals surface area contributed by atoms with Crippen LogP contribution in [0.25, 0.3) is 0 Å². The van der Waals surface area contributed by atoms with E-state index < -0.39 is 5.91 Å². The fraction of sp³-hybridized carbons (Fsp3) is 0. The van der Waals surface area contributed by atoms with Crippen molar-refractivity contribution in [1.29, 1.82) is 0 Å². The zero-order chi connectivity index (χ0) is 8.97. The van der Waals surface area contributed by atoms with Gasteiger partial charge in [-0.25, -0.2) is 0 Å². The van der Waals surface area contributed by atoms with Crippen LogP contribution in [0.15, 0.2) is 24.3 Å². The highest BCUT2D eigenvalue weighted by molar-refractivity contribution is 6.03. The lowest BCUT2D eigenvalue weighted by molar-refractivity contribution is -0.111. The molecule has 0 aliphatic carbocycles. The Morgan fingerprint density at radius 3 is 2.92 bits per heavy atom. The number of nitrogen functional groups attached to an aromatic ring is 1. The summed E-state index contributed by atoms with van der Waals surface area (Å²) in [6, 6.07) is 6.81. The molecule has 1 aromatic carbocycles. The number of nitrogens with two attached hydrogens (primary N) is 1. The summed E-state index contributed by atoms with van der Waals surface area (Å²) in [6.45, 7) is 0. The van der Waals surface area contributed by atoms with Crippen LogP contribution in [0, 0.1) is 12.3 Å². The van der Waals surface area contributed by atoms with Crippen molar-refractivity contribution in [1.82, 2.24) is 0 Å². The van der Waals surface area contributed by atoms with Crippen LogP contribution in [0.5, 0.6) is 0 Å². The highest BCUT2D eigenvalue weighted by atomic mass is 16.1. The second kappa shape index (κ2) is 3.44. The average Bonchev–Trinajstić information content (AvgIpc) is 2.04. The Kier molecular flexibility index (Phi) is 2.34. The molecule has 3 N–H and O–H groups in total. The van der Waals surface area contributed by atoms with Crippen LogP contribution in [0.4, 0.5) is 11.4 Å². The van der Waals surface area contributed by atoms with E-state index in [2.05, 4.69) is 5.32 Å². The predicted octanol–water partition coefficient (Wildman–Crippen LogP) is 0.841. The van der Waals surface area contributed by atoms with Crippen LogP contribution in [0.1, 0.15) is 0 Å². The number of carbonyl (C=O) groups excluding carboxylic acids is 1. The molecule has 0 aliphatic rings. The largest absolute Gasteiger partial charge is 0.399 e. The van der Waals surface area contributed by atoms with Gasteiger partial charge in [-0.3, -0.25) is 4.79 Å². The Labute approximate surface area is 70.6 Å². The Morgan fingerprint density at radius 2 is 2.33 bits per heavy atom. The van der Waals surface area contributed by atoms with Crippen LogP contribution in [0.2, 0.25) is 0 Å². The van der Waals surface area contributed by atoms with Gasteiger partial charge in [0.05, 0.1) is 0 Å². The molecule has 0 aliphatic heterocycles. The van der Waals surface area contributed by atoms with E-state index in [1.807, 2.05) is 5.92 Å². The minimum absolute atomic E-state index is 0.472. The van der Waals surface area contributed by atoms with E-state index >= 15 is 0 Å². The van der Waals surface area contributed by atoms with Crippen molar-refractivity contribution in [3.05, 3.63) is 24.3 Å². The number of terminal acetylenes is 1. The maximum absolute atomic E-state index is 10.7. The highest BCUT2D eigenvalue weighted by Crippen LogP contribution is 2.10. The van der Waals surface area contributed by atoms with Crippen LogP contribution >= 0.6 is 0 Å². The molecule has 0 aromatic heterocycles. The number of hydrogen-bond acceptors (Lipinski definition) is 2. The SMILES string of the molecule is C#CC(=O)Nc1cccc(N)c1. The Balaban J connectivity index is 2.78. The second-order valence-electron chi connectivity index (χ2n) is 2.22. The third kappa shape index (κ3) is 2.03. The van der Waals surface area contributed by atoms with Crippen molar-refractivity contribution in [2.75, 3.05) is 11.1 Å². The lowest BCUT2D eigenvalue weighted by Crippen LogP contribution is -2.07. The quantitative estimate of drug-likeness (QED) is 0.472. The highest BCUT2D eigenvalue weighted by Gasteiger charge is 1.96. The summed E-state index contributed by atoms with van der Waals surface area (Å²) in [5.41, 5.74) is 6.67. The Morgan fingerprint density at radius 1 is 1.58 bits per heavy atom. The molecule has 3 heteroatoms. The summed E-state index contributed by atoms with van der Waals surface area (Å²) in [5.74, 6) is 1.47. The first-order valence-corrected chi connectivity index (χ1v) is 3.35. The van der Waals surface area contributed by atoms with Crippen LogP contribution < -0.4 is 11.1 Å². The molecule has 0 radical (unpaired) electrons. The van der Waals surface area contributed by atoms with Gasteiger partial charge in [-0.2, -0.15) is 0 Å². The van der Waals surface area contributed by atoms with Crippen molar-refractivity contribution >= 4 is 17.3 Å². The van der Waals surface area contributed by atoms with Gasteiger partial charge in [-0.1, -0.05) is 6.07 Å². The van der Waals surface area contributed by atoms with Crippen molar-refractivity contribution < 1.29 is 4.79 Å². The van der Waals surface area contributed by atoms with Gasteiger partial charge in [0, 0.05) is 11.4 Å². The third-order valence-corrected chi connectivity index (χ3v) is 1.28. The fourth-order valence-corrected chi connectivity index (χ4v) is 0.784. The minimum Gasteiger partial charge on any atom is -0.399 e. The summed E-state index contributed by atoms with van der Waals surface area (Å²) in [6.07, 6.45) is 4.86. The molecule has 12 heavy (non-hydrogen) atoms. The van der Waals surface area contributed by atoms with Crippen molar-refractivity contribution in [2.45, 2.75) is 0 Å². The lowest BCUT2D eigenvalue weighted by Gasteiger charge is -2.00. The maximum atomic E-state index is 10.7. The second-order valence-corrected chi connectivity index (χ2v) is 2.22. The molecule has 1 rings (SSSR count). The summed E-state index contributed by atoms with van der Waals surface area (Å²) in [7, 11) is 0. The molecule has 0 saturated heterocycles. The predicted molar refractivity (Wildman–Crippen MR) is 48.3 cm³/mol. The van der Waals surface area contributed by atoms with E-state index in [1.54, 1.807) is 24.3 Å². The summed E-state index contributed by atoms with van der Waals surface area (Å²) >= 11 is 0. The van der Waals surface area contributed by atoms with E-state index in [1.165, 1.54) is 0 Å². The van der Waals surface area contributed by atoms with E-state index in [4.69, 9.17) is 12.2 Å². The monoisotopic (exact) mass is 160 g/mol. The first kappa shape index (κ1) is 8.15. The molecule has 3 nitrogen and oxygen atoms in total. The van der Waals surface area contributed by atoms with Gasteiger partial charge in [0.15, 0.2) is 0 Å². The smallest absolute Gasteiger partial charge is 0.300 e. The summed E-state index contributed by atoms with van der Waals surface area (Å²) in [5, 5.41) is 2.48. The van der Waals surface area contributed by atoms with E-state index in [-0.39, 0.29) is 0 Å². The van der Waals surface area contributed by atoms with Gasteiger partial charge in [0.1, 0.15) is 0 Å². The molecule has 0 saturated carbocycles. The molecule has 60 valence electrons. The van der Waals surface area contributed by atoms with Crippen LogP contribution in [-0.2, 0) is 4.79 Å². The molecule has 0 unspecified atom stereocenters. The zero-order valence-electron chi connectivity index (χ0n) is 6.37. The van der Waals surface area contributed by atoms with Gasteiger partial charge in [-0.15, -0.1) is 6.42 Å². The topological polar surface area (TPSA) is 55.1 Å². The molecule has 0 heterocycles. The number of nitrogens with one attached hydrogen (secondary N) is 1. The van der Waals surface area contributed by atoms with Gasteiger partial charge in [-0.05, 0) is 24.1 Å². The molecule has 1 amide bonds. The molecule has 0 fully saturated rings. The Hall–Kier alpha value is -1.95. The number of carbonyl (C=O) groups is 1. The first-order valence-electron chi connectivity index (χ1n) is 3.35. The zero-order valence-corrected chi connectivity index (χ0v) is 6.37. The maximum Gasteiger partial charge on any atom is 0.300 e. The number of rotatable bonds is 1. The number of anilines is 2. The van der Waals surface area contributed by atoms with Gasteiger partial charge >= 0.3 is 0 Å². The van der Waals surface area contributed by atoms with Gasteiger partial charge < -0.3 is 11.1 Å². The third-order valence-electron chi connectivity index (χ3n) is 1.28. The number of benzene rings is 1. The van der Waals surface area contributed by atoms with Crippen molar-refractivity contribution in [2.24, 2.45) is 0 Å². The summed E-state index contributed by atoms with van der Waals surface area (Å²) < 4.78 is 0.